The van der Waals surface area contributed by atoms with Crippen LogP contribution in [0.15, 0.2) is 27.8 Å². The van der Waals surface area contributed by atoms with E-state index in [1.54, 1.807) is 13.0 Å². The number of H-pyrrole nitrogens is 1. The van der Waals surface area contributed by atoms with Crippen LogP contribution in [-0.4, -0.2) is 14.5 Å². The van der Waals surface area contributed by atoms with Crippen molar-refractivity contribution in [2.24, 2.45) is 0 Å². The van der Waals surface area contributed by atoms with Crippen molar-refractivity contribution in [1.29, 1.82) is 0 Å². The normalized spacial score (nSPS) is 10.6. The lowest BCUT2D eigenvalue weighted by Gasteiger charge is -2.06. The van der Waals surface area contributed by atoms with E-state index in [1.807, 2.05) is 19.1 Å². The van der Waals surface area contributed by atoms with Crippen LogP contribution in [0.4, 0.5) is 0 Å². The molecule has 94 valence electrons. The van der Waals surface area contributed by atoms with Crippen LogP contribution in [0, 0.1) is 13.8 Å². The number of aromatic amines is 1. The summed E-state index contributed by atoms with van der Waals surface area (Å²) < 4.78 is 1.09. The van der Waals surface area contributed by atoms with E-state index in [2.05, 4.69) is 9.97 Å². The van der Waals surface area contributed by atoms with Crippen molar-refractivity contribution < 1.29 is 0 Å². The fourth-order valence-corrected chi connectivity index (χ4v) is 1.80. The second kappa shape index (κ2) is 4.78. The summed E-state index contributed by atoms with van der Waals surface area (Å²) in [6, 6.07) is 5.45. The number of rotatable bonds is 2. The van der Waals surface area contributed by atoms with Crippen LogP contribution >= 0.6 is 11.6 Å². The second-order valence-corrected chi connectivity index (χ2v) is 4.41. The Bertz CT molecular complexity index is 703. The first-order chi connectivity index (χ1) is 8.49. The van der Waals surface area contributed by atoms with Crippen molar-refractivity contribution in [3.63, 3.8) is 0 Å². The molecule has 0 saturated carbocycles. The van der Waals surface area contributed by atoms with Gasteiger partial charge in [0.1, 0.15) is 5.15 Å². The molecular formula is C12H12ClN3O2. The van der Waals surface area contributed by atoms with Gasteiger partial charge in [0.2, 0.25) is 0 Å². The molecule has 2 rings (SSSR count). The van der Waals surface area contributed by atoms with Crippen LogP contribution in [0.25, 0.3) is 0 Å². The van der Waals surface area contributed by atoms with Crippen LogP contribution in [0.1, 0.15) is 17.0 Å². The zero-order chi connectivity index (χ0) is 13.3. The quantitative estimate of drug-likeness (QED) is 0.831. The number of pyridine rings is 1. The summed E-state index contributed by atoms with van der Waals surface area (Å²) in [5, 5.41) is 0.0819. The molecule has 0 aliphatic carbocycles. The van der Waals surface area contributed by atoms with E-state index >= 15 is 0 Å². The SMILES string of the molecule is Cc1cccc(Cn2c(=O)[nH]c(Cl)c(C)c2=O)n1. The molecule has 0 saturated heterocycles. The summed E-state index contributed by atoms with van der Waals surface area (Å²) in [5.41, 5.74) is 0.891. The van der Waals surface area contributed by atoms with Crippen molar-refractivity contribution >= 4 is 11.6 Å². The van der Waals surface area contributed by atoms with Gasteiger partial charge in [0.25, 0.3) is 5.56 Å². The molecule has 1 N–H and O–H groups in total. The Morgan fingerprint density at radius 2 is 2.06 bits per heavy atom. The average Bonchev–Trinajstić information content (AvgIpc) is 2.32. The van der Waals surface area contributed by atoms with Crippen LogP contribution in [-0.2, 0) is 6.54 Å². The molecule has 0 bridgehead atoms. The molecule has 0 spiro atoms. The third kappa shape index (κ3) is 2.36. The smallest absolute Gasteiger partial charge is 0.297 e. The first-order valence-corrected chi connectivity index (χ1v) is 5.78. The molecule has 0 unspecified atom stereocenters. The van der Waals surface area contributed by atoms with E-state index in [4.69, 9.17) is 11.6 Å². The second-order valence-electron chi connectivity index (χ2n) is 4.03. The Kier molecular flexibility index (Phi) is 3.34. The summed E-state index contributed by atoms with van der Waals surface area (Å²) in [6.45, 7) is 3.55. The highest BCUT2D eigenvalue weighted by atomic mass is 35.5. The lowest BCUT2D eigenvalue weighted by Crippen LogP contribution is -2.37. The standard InChI is InChI=1S/C12H12ClN3O2/c1-7-4-3-5-9(14-7)6-16-11(17)8(2)10(13)15-12(16)18/h3-5H,6H2,1-2H3,(H,15,18). The number of aryl methyl sites for hydroxylation is 1. The lowest BCUT2D eigenvalue weighted by molar-refractivity contribution is 0.677. The summed E-state index contributed by atoms with van der Waals surface area (Å²) in [6.07, 6.45) is 0. The van der Waals surface area contributed by atoms with Gasteiger partial charge in [0.05, 0.1) is 12.2 Å². The Labute approximate surface area is 108 Å². The maximum absolute atomic E-state index is 11.9. The molecule has 0 atom stereocenters. The van der Waals surface area contributed by atoms with Gasteiger partial charge in [-0.3, -0.25) is 19.3 Å². The number of halogens is 1. The Morgan fingerprint density at radius 3 is 2.72 bits per heavy atom. The molecule has 18 heavy (non-hydrogen) atoms. The summed E-state index contributed by atoms with van der Waals surface area (Å²) in [4.78, 5) is 30.3. The monoisotopic (exact) mass is 265 g/mol. The molecule has 0 aromatic carbocycles. The van der Waals surface area contributed by atoms with Crippen LogP contribution in [0.2, 0.25) is 5.15 Å². The van der Waals surface area contributed by atoms with Crippen LogP contribution in [0.3, 0.4) is 0 Å². The number of nitrogens with one attached hydrogen (secondary N) is 1. The van der Waals surface area contributed by atoms with E-state index < -0.39 is 11.2 Å². The maximum Gasteiger partial charge on any atom is 0.329 e. The average molecular weight is 266 g/mol. The van der Waals surface area contributed by atoms with Gasteiger partial charge in [-0.15, -0.1) is 0 Å². The maximum atomic E-state index is 11.9. The van der Waals surface area contributed by atoms with Gasteiger partial charge >= 0.3 is 5.69 Å². The molecule has 0 fully saturated rings. The summed E-state index contributed by atoms with van der Waals surface area (Å²) >= 11 is 5.73. The highest BCUT2D eigenvalue weighted by Crippen LogP contribution is 2.04. The van der Waals surface area contributed by atoms with Crippen molar-refractivity contribution in [2.45, 2.75) is 20.4 Å². The highest BCUT2D eigenvalue weighted by Gasteiger charge is 2.09. The molecule has 0 aliphatic heterocycles. The zero-order valence-electron chi connectivity index (χ0n) is 10.0. The van der Waals surface area contributed by atoms with Crippen molar-refractivity contribution in [3.05, 3.63) is 61.1 Å². The van der Waals surface area contributed by atoms with Crippen molar-refractivity contribution in [3.8, 4) is 0 Å². The molecule has 2 heterocycles. The van der Waals surface area contributed by atoms with Gasteiger partial charge in [-0.2, -0.15) is 0 Å². The first kappa shape index (κ1) is 12.6. The molecule has 2 aromatic heterocycles. The van der Waals surface area contributed by atoms with E-state index in [9.17, 15) is 9.59 Å². The molecular weight excluding hydrogens is 254 g/mol. The Morgan fingerprint density at radius 1 is 1.33 bits per heavy atom. The molecule has 6 heteroatoms. The van der Waals surface area contributed by atoms with Crippen molar-refractivity contribution in [2.75, 3.05) is 0 Å². The van der Waals surface area contributed by atoms with E-state index in [0.717, 1.165) is 10.3 Å². The topological polar surface area (TPSA) is 67.8 Å². The fraction of sp³-hybridized carbons (Fsp3) is 0.250. The molecule has 0 amide bonds. The van der Waals surface area contributed by atoms with Gasteiger partial charge in [0.15, 0.2) is 0 Å². The van der Waals surface area contributed by atoms with Gasteiger partial charge in [-0.25, -0.2) is 4.79 Å². The number of aromatic nitrogens is 3. The Balaban J connectivity index is 2.51. The summed E-state index contributed by atoms with van der Waals surface area (Å²) in [7, 11) is 0. The predicted molar refractivity (Wildman–Crippen MR) is 69.1 cm³/mol. The minimum atomic E-state index is -0.529. The first-order valence-electron chi connectivity index (χ1n) is 5.41. The van der Waals surface area contributed by atoms with E-state index in [0.29, 0.717) is 11.3 Å². The minimum absolute atomic E-state index is 0.0819. The zero-order valence-corrected chi connectivity index (χ0v) is 10.8. The van der Waals surface area contributed by atoms with Gasteiger partial charge < -0.3 is 0 Å². The largest absolute Gasteiger partial charge is 0.329 e. The minimum Gasteiger partial charge on any atom is -0.297 e. The van der Waals surface area contributed by atoms with Gasteiger partial charge in [-0.1, -0.05) is 17.7 Å². The highest BCUT2D eigenvalue weighted by molar-refractivity contribution is 6.30. The van der Waals surface area contributed by atoms with E-state index in [1.165, 1.54) is 0 Å². The predicted octanol–water partition coefficient (Wildman–Crippen LogP) is 1.25. The van der Waals surface area contributed by atoms with Crippen molar-refractivity contribution in [1.82, 2.24) is 14.5 Å². The molecule has 5 nitrogen and oxygen atoms in total. The molecule has 0 aliphatic rings. The van der Waals surface area contributed by atoms with Crippen LogP contribution < -0.4 is 11.2 Å². The fourth-order valence-electron chi connectivity index (χ4n) is 1.64. The molecule has 0 radical (unpaired) electrons. The number of hydrogen-bond donors (Lipinski definition) is 1. The third-order valence-corrected chi connectivity index (χ3v) is 3.00. The van der Waals surface area contributed by atoms with Crippen LogP contribution in [0.5, 0.6) is 0 Å². The lowest BCUT2D eigenvalue weighted by atomic mass is 10.3. The summed E-state index contributed by atoms with van der Waals surface area (Å²) in [5.74, 6) is 0. The van der Waals surface area contributed by atoms with E-state index in [-0.39, 0.29) is 11.7 Å². The number of hydrogen-bond acceptors (Lipinski definition) is 3. The Hall–Kier alpha value is -1.88. The van der Waals surface area contributed by atoms with Gasteiger partial charge in [0, 0.05) is 11.3 Å². The van der Waals surface area contributed by atoms with Gasteiger partial charge in [-0.05, 0) is 26.0 Å². The molecule has 2 aromatic rings. The third-order valence-electron chi connectivity index (χ3n) is 2.62. The number of nitrogens with zero attached hydrogens (tertiary/aromatic N) is 2.